The Morgan fingerprint density at radius 2 is 0.796 bits per heavy atom. The van der Waals surface area contributed by atoms with Gasteiger partial charge in [0.25, 0.3) is 0 Å². The SMILES string of the molecule is C1=C(C2CCCC2)[CH]([Zr+2]2([CH]3C(C4CCCC4)=Cc4c(-c5ccccc5)cccc43)[CH]3CCCC[CH]32)c2cccc(-c3ccccc3)c21.[Cl-].[Cl-]. The molecule has 4 aromatic carbocycles. The van der Waals surface area contributed by atoms with Gasteiger partial charge >= 0.3 is 289 Å². The molecule has 1 aliphatic heterocycles. The Morgan fingerprint density at radius 3 is 1.20 bits per heavy atom. The van der Waals surface area contributed by atoms with Gasteiger partial charge in [-0.1, -0.05) is 0 Å². The minimum absolute atomic E-state index is 0. The smallest absolute Gasteiger partial charge is 1.00 e. The summed E-state index contributed by atoms with van der Waals surface area (Å²) in [6.45, 7) is 0. The summed E-state index contributed by atoms with van der Waals surface area (Å²) in [4.78, 5) is 0. The van der Waals surface area contributed by atoms with Gasteiger partial charge in [-0.05, 0) is 0 Å². The van der Waals surface area contributed by atoms with Crippen molar-refractivity contribution in [2.75, 3.05) is 0 Å². The molecule has 4 fully saturated rings. The Labute approximate surface area is 311 Å². The van der Waals surface area contributed by atoms with E-state index in [0.717, 1.165) is 26.3 Å². The molecule has 0 nitrogen and oxygen atoms in total. The first kappa shape index (κ1) is 33.9. The fourth-order valence-corrected chi connectivity index (χ4v) is 35.5. The molecule has 0 radical (unpaired) electrons. The van der Waals surface area contributed by atoms with Crippen LogP contribution in [0.3, 0.4) is 0 Å². The van der Waals surface area contributed by atoms with Gasteiger partial charge in [-0.25, -0.2) is 0 Å². The third kappa shape index (κ3) is 5.30. The van der Waals surface area contributed by atoms with E-state index in [-0.39, 0.29) is 24.8 Å². The molecule has 49 heavy (non-hydrogen) atoms. The summed E-state index contributed by atoms with van der Waals surface area (Å²) in [6, 6.07) is 37.7. The first-order valence-electron chi connectivity index (χ1n) is 19.1. The number of allylic oxidation sites excluding steroid dienone is 2. The molecule has 4 aromatic rings. The molecule has 0 amide bonds. The monoisotopic (exact) mass is 760 g/mol. The van der Waals surface area contributed by atoms with Crippen LogP contribution in [0.4, 0.5) is 0 Å². The molecule has 0 bridgehead atoms. The van der Waals surface area contributed by atoms with Crippen LogP contribution >= 0.6 is 0 Å². The second kappa shape index (κ2) is 13.8. The molecule has 6 aliphatic rings. The van der Waals surface area contributed by atoms with Gasteiger partial charge in [-0.15, -0.1) is 0 Å². The molecule has 1 saturated heterocycles. The molecule has 3 heteroatoms. The van der Waals surface area contributed by atoms with E-state index in [0.29, 0.717) is 0 Å². The fourth-order valence-electron chi connectivity index (χ4n) is 12.2. The minimum atomic E-state index is -3.07. The molecule has 4 atom stereocenters. The molecule has 10 rings (SSSR count). The molecule has 0 N–H and O–H groups in total. The van der Waals surface area contributed by atoms with Crippen LogP contribution in [0.15, 0.2) is 108 Å². The maximum atomic E-state index is 2.82. The van der Waals surface area contributed by atoms with Crippen LogP contribution in [0.2, 0.25) is 7.25 Å². The Kier molecular flexibility index (Phi) is 9.52. The number of halogens is 2. The van der Waals surface area contributed by atoms with E-state index in [1.165, 1.54) is 99.3 Å². The summed E-state index contributed by atoms with van der Waals surface area (Å²) in [5, 5.41) is 0. The Morgan fingerprint density at radius 1 is 0.408 bits per heavy atom. The quantitative estimate of drug-likeness (QED) is 0.194. The molecule has 4 unspecified atom stereocenters. The van der Waals surface area contributed by atoms with Crippen molar-refractivity contribution in [3.05, 3.63) is 130 Å². The van der Waals surface area contributed by atoms with Gasteiger partial charge in [-0.3, -0.25) is 0 Å². The van der Waals surface area contributed by atoms with E-state index >= 15 is 0 Å². The van der Waals surface area contributed by atoms with Crippen LogP contribution in [0.1, 0.15) is 107 Å². The molecule has 250 valence electrons. The van der Waals surface area contributed by atoms with Gasteiger partial charge in [-0.2, -0.15) is 0 Å². The normalized spacial score (nSPS) is 27.2. The first-order valence-corrected chi connectivity index (χ1v) is 24.8. The average molecular weight is 763 g/mol. The number of benzene rings is 4. The van der Waals surface area contributed by atoms with Gasteiger partial charge in [0, 0.05) is 0 Å². The fraction of sp³-hybridized carbons (Fsp3) is 0.391. The number of hydrogen-bond acceptors (Lipinski definition) is 0. The number of fused-ring (bicyclic) bond motifs is 3. The predicted octanol–water partition coefficient (Wildman–Crippen LogP) is 7.30. The average Bonchev–Trinajstić information content (AvgIpc) is 3.80. The standard InChI is InChI=1S/2C20H19.C6H10.2ClH.Zr/c2*1-2-9-16(10-3-1)19-12-6-11-17-13-18(14-20(17)19)15-7-4-5-8-15;1-2-4-6-5-3-1;;;/h2*1-3,6,9-15H,4-5,7-8H2;1-2H,3-6H2;2*1H;/q;;;;;+2/p-2. The summed E-state index contributed by atoms with van der Waals surface area (Å²) in [5.74, 6) is 1.59. The van der Waals surface area contributed by atoms with Crippen molar-refractivity contribution in [1.29, 1.82) is 0 Å². The molecular weight excluding hydrogens is 715 g/mol. The summed E-state index contributed by atoms with van der Waals surface area (Å²) in [6.07, 6.45) is 23.0. The van der Waals surface area contributed by atoms with Crippen LogP contribution in [-0.2, 0) is 20.3 Å². The van der Waals surface area contributed by atoms with Gasteiger partial charge in [0.2, 0.25) is 0 Å². The number of rotatable bonds is 6. The van der Waals surface area contributed by atoms with E-state index in [9.17, 15) is 0 Å². The van der Waals surface area contributed by atoms with E-state index in [4.69, 9.17) is 0 Å². The van der Waals surface area contributed by atoms with Crippen molar-refractivity contribution in [2.45, 2.75) is 91.6 Å². The van der Waals surface area contributed by atoms with Crippen molar-refractivity contribution in [1.82, 2.24) is 0 Å². The summed E-state index contributed by atoms with van der Waals surface area (Å²) in [7, 11) is 0. The topological polar surface area (TPSA) is 0 Å². The van der Waals surface area contributed by atoms with Gasteiger partial charge in [0.1, 0.15) is 0 Å². The predicted molar refractivity (Wildman–Crippen MR) is 195 cm³/mol. The van der Waals surface area contributed by atoms with E-state index in [2.05, 4.69) is 109 Å². The molecule has 3 saturated carbocycles. The zero-order valence-corrected chi connectivity index (χ0v) is 32.6. The van der Waals surface area contributed by atoms with Crippen LogP contribution in [0.25, 0.3) is 34.4 Å². The summed E-state index contributed by atoms with van der Waals surface area (Å²) < 4.78 is 3.58. The van der Waals surface area contributed by atoms with E-state index in [1.54, 1.807) is 22.3 Å². The zero-order chi connectivity index (χ0) is 31.0. The van der Waals surface area contributed by atoms with Crippen molar-refractivity contribution in [3.8, 4) is 22.3 Å². The first-order chi connectivity index (χ1) is 23.3. The Balaban J connectivity index is 0.00000174. The Bertz CT molecular complexity index is 1740. The van der Waals surface area contributed by atoms with Crippen molar-refractivity contribution >= 4 is 12.2 Å². The van der Waals surface area contributed by atoms with Crippen LogP contribution < -0.4 is 24.8 Å². The minimum Gasteiger partial charge on any atom is -1.00 e. The third-order valence-corrected chi connectivity index (χ3v) is 30.8. The molecule has 0 aromatic heterocycles. The maximum Gasteiger partial charge on any atom is -1.00 e. The van der Waals surface area contributed by atoms with Crippen molar-refractivity contribution in [2.24, 2.45) is 11.8 Å². The third-order valence-electron chi connectivity index (χ3n) is 14.0. The van der Waals surface area contributed by atoms with E-state index < -0.39 is 20.3 Å². The van der Waals surface area contributed by atoms with Gasteiger partial charge in [0.15, 0.2) is 0 Å². The van der Waals surface area contributed by atoms with Gasteiger partial charge < -0.3 is 24.8 Å². The van der Waals surface area contributed by atoms with Crippen LogP contribution in [0, 0.1) is 11.8 Å². The molecular formula is C46H48Cl2Zr. The summed E-state index contributed by atoms with van der Waals surface area (Å²) in [5.41, 5.74) is 16.3. The second-order valence-corrected chi connectivity index (χ2v) is 27.4. The van der Waals surface area contributed by atoms with Crippen LogP contribution in [0.5, 0.6) is 0 Å². The van der Waals surface area contributed by atoms with E-state index in [1.807, 2.05) is 11.1 Å². The zero-order valence-electron chi connectivity index (χ0n) is 28.6. The van der Waals surface area contributed by atoms with Crippen molar-refractivity contribution in [3.63, 3.8) is 0 Å². The molecule has 5 aliphatic carbocycles. The summed E-state index contributed by atoms with van der Waals surface area (Å²) >= 11 is -3.07. The molecule has 1 heterocycles. The largest absolute Gasteiger partial charge is 1.00 e. The van der Waals surface area contributed by atoms with Gasteiger partial charge in [0.05, 0.1) is 0 Å². The Hall–Kier alpha value is -2.18. The van der Waals surface area contributed by atoms with Crippen molar-refractivity contribution < 1.29 is 45.1 Å². The molecule has 0 spiro atoms. The number of hydrogen-bond donors (Lipinski definition) is 0. The maximum absolute atomic E-state index is 3.07. The second-order valence-electron chi connectivity index (χ2n) is 16.0. The van der Waals surface area contributed by atoms with Crippen LogP contribution in [-0.4, -0.2) is 0 Å².